The van der Waals surface area contributed by atoms with Crippen molar-refractivity contribution in [3.8, 4) is 11.8 Å². The van der Waals surface area contributed by atoms with E-state index in [0.29, 0.717) is 84.4 Å². The van der Waals surface area contributed by atoms with Gasteiger partial charge < -0.3 is 21.1 Å². The molecule has 0 spiro atoms. The Labute approximate surface area is 276 Å². The first-order chi connectivity index (χ1) is 22.3. The molecule has 0 saturated carbocycles. The SMILES string of the molecule is CCCSc1nc(NCCOCCNC(=O)C#Cc2ccc(Cc3nc(C=O)n[nH]3)cc2)c(N)c(N(N)Cc2ccc(Cl)cc2)n1. The zero-order valence-corrected chi connectivity index (χ0v) is 26.8. The van der Waals surface area contributed by atoms with Gasteiger partial charge in [-0.25, -0.2) is 20.8 Å². The number of nitrogens with zero attached hydrogens (tertiary/aromatic N) is 5. The molecule has 0 bridgehead atoms. The van der Waals surface area contributed by atoms with Gasteiger partial charge in [0, 0.05) is 41.8 Å². The molecular weight excluding hydrogens is 628 g/mol. The molecule has 2 heterocycles. The van der Waals surface area contributed by atoms with Crippen molar-refractivity contribution in [1.82, 2.24) is 30.5 Å². The summed E-state index contributed by atoms with van der Waals surface area (Å²) in [7, 11) is 0. The van der Waals surface area contributed by atoms with E-state index in [1.807, 2.05) is 36.4 Å². The lowest BCUT2D eigenvalue weighted by atomic mass is 10.1. The van der Waals surface area contributed by atoms with Crippen molar-refractivity contribution in [2.75, 3.05) is 48.1 Å². The lowest BCUT2D eigenvalue weighted by molar-refractivity contribution is -0.115. The number of nitrogens with two attached hydrogens (primary N) is 2. The molecule has 0 aliphatic carbocycles. The number of halogens is 1. The Morgan fingerprint density at radius 1 is 1.09 bits per heavy atom. The topological polar surface area (TPSA) is 190 Å². The smallest absolute Gasteiger partial charge is 0.296 e. The quantitative estimate of drug-likeness (QED) is 0.0224. The second-order valence-corrected chi connectivity index (χ2v) is 11.4. The van der Waals surface area contributed by atoms with Crippen LogP contribution in [0.15, 0.2) is 53.7 Å². The average molecular weight is 663 g/mol. The Morgan fingerprint density at radius 2 is 1.83 bits per heavy atom. The third kappa shape index (κ3) is 10.7. The molecule has 46 heavy (non-hydrogen) atoms. The molecule has 1 amide bonds. The van der Waals surface area contributed by atoms with Crippen molar-refractivity contribution in [3.63, 3.8) is 0 Å². The average Bonchev–Trinajstić information content (AvgIpc) is 3.52. The molecule has 0 aliphatic heterocycles. The molecule has 15 heteroatoms. The van der Waals surface area contributed by atoms with Crippen LogP contribution in [-0.4, -0.2) is 69.4 Å². The van der Waals surface area contributed by atoms with Gasteiger partial charge in [0.1, 0.15) is 11.5 Å². The number of hydrazine groups is 1. The van der Waals surface area contributed by atoms with Crippen LogP contribution in [0.1, 0.15) is 46.5 Å². The van der Waals surface area contributed by atoms with Gasteiger partial charge >= 0.3 is 0 Å². The fourth-order valence-electron chi connectivity index (χ4n) is 4.01. The number of carbonyl (C=O) groups is 2. The number of anilines is 3. The van der Waals surface area contributed by atoms with Crippen molar-refractivity contribution >= 4 is 52.9 Å². The van der Waals surface area contributed by atoms with Gasteiger partial charge in [-0.3, -0.25) is 19.7 Å². The normalized spacial score (nSPS) is 10.6. The molecule has 13 nitrogen and oxygen atoms in total. The predicted octanol–water partition coefficient (Wildman–Crippen LogP) is 3.21. The van der Waals surface area contributed by atoms with E-state index in [1.165, 1.54) is 16.8 Å². The number of rotatable bonds is 16. The minimum atomic E-state index is -0.405. The minimum Gasteiger partial charge on any atom is -0.393 e. The first-order valence-electron chi connectivity index (χ1n) is 14.5. The number of amides is 1. The summed E-state index contributed by atoms with van der Waals surface area (Å²) < 4.78 is 5.65. The van der Waals surface area contributed by atoms with E-state index in [4.69, 9.17) is 27.9 Å². The fourth-order valence-corrected chi connectivity index (χ4v) is 4.82. The molecule has 0 fully saturated rings. The van der Waals surface area contributed by atoms with E-state index in [0.717, 1.165) is 23.3 Å². The summed E-state index contributed by atoms with van der Waals surface area (Å²) >= 11 is 7.53. The molecule has 7 N–H and O–H groups in total. The summed E-state index contributed by atoms with van der Waals surface area (Å²) in [5, 5.41) is 15.1. The van der Waals surface area contributed by atoms with Gasteiger partial charge in [-0.2, -0.15) is 5.10 Å². The summed E-state index contributed by atoms with van der Waals surface area (Å²) in [6.45, 7) is 3.86. The van der Waals surface area contributed by atoms with Gasteiger partial charge in [0.25, 0.3) is 5.91 Å². The van der Waals surface area contributed by atoms with Gasteiger partial charge in [0.2, 0.25) is 5.82 Å². The van der Waals surface area contributed by atoms with Crippen LogP contribution < -0.4 is 27.2 Å². The number of H-pyrrole nitrogens is 1. The Kier molecular flexibility index (Phi) is 13.2. The van der Waals surface area contributed by atoms with Gasteiger partial charge in [-0.05, 0) is 41.8 Å². The third-order valence-electron chi connectivity index (χ3n) is 6.25. The minimum absolute atomic E-state index is 0.119. The summed E-state index contributed by atoms with van der Waals surface area (Å²) in [5.74, 6) is 13.8. The first kappa shape index (κ1) is 34.2. The number of benzene rings is 2. The maximum absolute atomic E-state index is 12.1. The summed E-state index contributed by atoms with van der Waals surface area (Å²) in [4.78, 5) is 36.1. The number of hydrogen-bond donors (Lipinski definition) is 5. The van der Waals surface area contributed by atoms with Crippen molar-refractivity contribution < 1.29 is 14.3 Å². The van der Waals surface area contributed by atoms with E-state index < -0.39 is 5.91 Å². The summed E-state index contributed by atoms with van der Waals surface area (Å²) in [5.41, 5.74) is 9.36. The van der Waals surface area contributed by atoms with Crippen molar-refractivity contribution in [2.45, 2.75) is 31.5 Å². The molecule has 4 aromatic rings. The molecule has 0 unspecified atom stereocenters. The van der Waals surface area contributed by atoms with Crippen LogP contribution in [0.25, 0.3) is 0 Å². The monoisotopic (exact) mass is 662 g/mol. The molecule has 4 rings (SSSR count). The van der Waals surface area contributed by atoms with Crippen LogP contribution in [-0.2, 0) is 22.5 Å². The largest absolute Gasteiger partial charge is 0.393 e. The van der Waals surface area contributed by atoms with Crippen molar-refractivity contribution in [1.29, 1.82) is 0 Å². The molecule has 0 aliphatic rings. The maximum Gasteiger partial charge on any atom is 0.296 e. The highest BCUT2D eigenvalue weighted by atomic mass is 35.5. The molecular formula is C31H35ClN10O3S. The summed E-state index contributed by atoms with van der Waals surface area (Å²) in [6.07, 6.45) is 2.05. The van der Waals surface area contributed by atoms with Crippen LogP contribution in [0.2, 0.25) is 5.02 Å². The van der Waals surface area contributed by atoms with Crippen molar-refractivity contribution in [2.24, 2.45) is 5.84 Å². The highest BCUT2D eigenvalue weighted by Gasteiger charge is 2.17. The van der Waals surface area contributed by atoms with E-state index in [1.54, 1.807) is 12.1 Å². The van der Waals surface area contributed by atoms with E-state index in [-0.39, 0.29) is 5.82 Å². The van der Waals surface area contributed by atoms with Gasteiger partial charge in [0.05, 0.1) is 19.8 Å². The van der Waals surface area contributed by atoms with E-state index >= 15 is 0 Å². The highest BCUT2D eigenvalue weighted by molar-refractivity contribution is 7.99. The molecule has 2 aromatic heterocycles. The Bertz CT molecular complexity index is 1660. The number of ether oxygens (including phenoxy) is 1. The van der Waals surface area contributed by atoms with Crippen LogP contribution in [0.4, 0.5) is 17.3 Å². The number of thioether (sulfide) groups is 1. The Balaban J connectivity index is 1.19. The summed E-state index contributed by atoms with van der Waals surface area (Å²) in [6, 6.07) is 14.8. The molecule has 2 aromatic carbocycles. The second-order valence-electron chi connectivity index (χ2n) is 9.87. The van der Waals surface area contributed by atoms with E-state index in [9.17, 15) is 9.59 Å². The lowest BCUT2D eigenvalue weighted by Crippen LogP contribution is -2.32. The Morgan fingerprint density at radius 3 is 2.54 bits per heavy atom. The van der Waals surface area contributed by atoms with Gasteiger partial charge in [-0.15, -0.1) is 0 Å². The van der Waals surface area contributed by atoms with Crippen molar-refractivity contribution in [3.05, 3.63) is 81.9 Å². The third-order valence-corrected chi connectivity index (χ3v) is 7.55. The molecule has 0 atom stereocenters. The fraction of sp³-hybridized carbons (Fsp3) is 0.290. The number of aromatic amines is 1. The van der Waals surface area contributed by atoms with Crippen LogP contribution >= 0.6 is 23.4 Å². The number of carbonyl (C=O) groups excluding carboxylic acids is 2. The number of aromatic nitrogens is 5. The number of nitrogens with one attached hydrogen (secondary N) is 3. The molecule has 240 valence electrons. The van der Waals surface area contributed by atoms with Crippen LogP contribution in [0.5, 0.6) is 0 Å². The van der Waals surface area contributed by atoms with Crippen LogP contribution in [0, 0.1) is 11.8 Å². The van der Waals surface area contributed by atoms with Gasteiger partial charge in [-0.1, -0.05) is 60.5 Å². The van der Waals surface area contributed by atoms with E-state index in [2.05, 4.69) is 54.5 Å². The lowest BCUT2D eigenvalue weighted by Gasteiger charge is -2.21. The maximum atomic E-state index is 12.1. The molecule has 0 radical (unpaired) electrons. The molecule has 0 saturated heterocycles. The standard InChI is InChI=1S/C31H35ClN10O3S/c1-2-17-46-31-38-29(28(33)30(39-31)42(34)19-23-7-10-24(32)11-8-23)36-14-16-45-15-13-35-27(44)12-9-21-3-5-22(6-4-21)18-25-37-26(20-43)41-40-25/h3-8,10-11,20H,2,13-19,33-34H2,1H3,(H,35,44)(H,36,38,39)(H,37,40,41). The number of aldehydes is 1. The second kappa shape index (κ2) is 17.7. The highest BCUT2D eigenvalue weighted by Crippen LogP contribution is 2.30. The zero-order valence-electron chi connectivity index (χ0n) is 25.3. The Hall–Kier alpha value is -4.68. The first-order valence-corrected chi connectivity index (χ1v) is 15.8. The van der Waals surface area contributed by atoms with Crippen LogP contribution in [0.3, 0.4) is 0 Å². The predicted molar refractivity (Wildman–Crippen MR) is 179 cm³/mol. The number of hydrogen-bond acceptors (Lipinski definition) is 12. The zero-order chi connectivity index (χ0) is 32.7. The van der Waals surface area contributed by atoms with Gasteiger partial charge in [0.15, 0.2) is 23.1 Å². The number of nitrogen functional groups attached to an aromatic ring is 1.